The lowest BCUT2D eigenvalue weighted by Crippen LogP contribution is -2.28. The normalized spacial score (nSPS) is 11.3. The molecule has 0 saturated carbocycles. The van der Waals surface area contributed by atoms with E-state index in [-0.39, 0.29) is 24.0 Å². The molecule has 0 aliphatic heterocycles. The summed E-state index contributed by atoms with van der Waals surface area (Å²) in [6.45, 7) is 0.865. The summed E-state index contributed by atoms with van der Waals surface area (Å²) >= 11 is 5.96. The molecule has 0 aliphatic carbocycles. The molecule has 0 bridgehead atoms. The van der Waals surface area contributed by atoms with Crippen LogP contribution in [0.2, 0.25) is 5.02 Å². The lowest BCUT2D eigenvalue weighted by molar-refractivity contribution is 0.0785. The Morgan fingerprint density at radius 2 is 1.88 bits per heavy atom. The summed E-state index contributed by atoms with van der Waals surface area (Å²) in [7, 11) is -0.443. The molecule has 2 rings (SSSR count). The van der Waals surface area contributed by atoms with Gasteiger partial charge in [0.25, 0.3) is 5.91 Å². The van der Waals surface area contributed by atoms with E-state index in [9.17, 15) is 13.2 Å². The van der Waals surface area contributed by atoms with E-state index in [1.165, 1.54) is 31.4 Å². The molecule has 0 aromatic heterocycles. The van der Waals surface area contributed by atoms with Crippen molar-refractivity contribution in [2.24, 2.45) is 0 Å². The van der Waals surface area contributed by atoms with Crippen LogP contribution in [-0.2, 0) is 21.3 Å². The van der Waals surface area contributed by atoms with E-state index in [2.05, 4.69) is 4.72 Å². The van der Waals surface area contributed by atoms with Gasteiger partial charge in [-0.3, -0.25) is 4.79 Å². The van der Waals surface area contributed by atoms with Crippen LogP contribution in [0, 0.1) is 0 Å². The first-order valence-corrected chi connectivity index (χ1v) is 9.78. The fourth-order valence-electron chi connectivity index (χ4n) is 2.34. The molecule has 8 heteroatoms. The van der Waals surface area contributed by atoms with Crippen molar-refractivity contribution in [3.63, 3.8) is 0 Å². The first-order valence-electron chi connectivity index (χ1n) is 7.92. The number of carbonyl (C=O) groups excluding carboxylic acids is 1. The van der Waals surface area contributed by atoms with Gasteiger partial charge < -0.3 is 9.64 Å². The summed E-state index contributed by atoms with van der Waals surface area (Å²) < 4.78 is 31.5. The first kappa shape index (κ1) is 20.4. The zero-order valence-electron chi connectivity index (χ0n) is 14.6. The zero-order valence-corrected chi connectivity index (χ0v) is 16.2. The van der Waals surface area contributed by atoms with Crippen molar-refractivity contribution in [3.05, 3.63) is 64.7 Å². The number of methoxy groups -OCH3 is 1. The van der Waals surface area contributed by atoms with Crippen molar-refractivity contribution < 1.29 is 17.9 Å². The van der Waals surface area contributed by atoms with E-state index in [4.69, 9.17) is 16.3 Å². The van der Waals surface area contributed by atoms with Crippen molar-refractivity contribution in [1.29, 1.82) is 0 Å². The summed E-state index contributed by atoms with van der Waals surface area (Å²) in [4.78, 5) is 14.2. The molecule has 0 heterocycles. The van der Waals surface area contributed by atoms with Crippen molar-refractivity contribution in [3.8, 4) is 0 Å². The summed E-state index contributed by atoms with van der Waals surface area (Å²) in [6, 6.07) is 13.1. The Morgan fingerprint density at radius 3 is 2.50 bits per heavy atom. The molecule has 0 spiro atoms. The molecule has 0 saturated heterocycles. The van der Waals surface area contributed by atoms with E-state index in [0.29, 0.717) is 17.1 Å². The minimum atomic E-state index is -3.62. The minimum Gasteiger partial charge on any atom is -0.383 e. The Hall–Kier alpha value is -1.93. The van der Waals surface area contributed by atoms with Crippen LogP contribution in [-0.4, -0.2) is 46.5 Å². The maximum absolute atomic E-state index is 12.5. The minimum absolute atomic E-state index is 0.0997. The topological polar surface area (TPSA) is 75.7 Å². The van der Waals surface area contributed by atoms with Gasteiger partial charge in [0, 0.05) is 37.8 Å². The summed E-state index contributed by atoms with van der Waals surface area (Å²) in [5.41, 5.74) is 1.32. The molecule has 26 heavy (non-hydrogen) atoms. The lowest BCUT2D eigenvalue weighted by Gasteiger charge is -2.17. The van der Waals surface area contributed by atoms with E-state index in [1.54, 1.807) is 24.1 Å². The Balaban J connectivity index is 2.06. The summed E-state index contributed by atoms with van der Waals surface area (Å²) in [5, 5.41) is 0.610. The fourth-order valence-corrected chi connectivity index (χ4v) is 3.57. The van der Waals surface area contributed by atoms with Crippen LogP contribution < -0.4 is 4.72 Å². The van der Waals surface area contributed by atoms with Crippen LogP contribution in [0.25, 0.3) is 0 Å². The molecule has 1 amide bonds. The molecule has 0 aliphatic rings. The number of benzene rings is 2. The van der Waals surface area contributed by atoms with Gasteiger partial charge in [0.15, 0.2) is 0 Å². The predicted molar refractivity (Wildman–Crippen MR) is 101 cm³/mol. The number of halogens is 1. The SMILES string of the molecule is COCCNS(=O)(=O)c1ccc(C(=O)N(C)Cc2cccc(Cl)c2)cc1. The van der Waals surface area contributed by atoms with Gasteiger partial charge in [-0.15, -0.1) is 0 Å². The third-order valence-corrected chi connectivity index (χ3v) is 5.38. The molecule has 0 fully saturated rings. The molecule has 1 N–H and O–H groups in total. The second kappa shape index (κ2) is 9.14. The van der Waals surface area contributed by atoms with E-state index in [1.807, 2.05) is 12.1 Å². The van der Waals surface area contributed by atoms with Crippen molar-refractivity contribution >= 4 is 27.5 Å². The van der Waals surface area contributed by atoms with Gasteiger partial charge in [0.2, 0.25) is 10.0 Å². The third kappa shape index (κ3) is 5.54. The molecule has 0 unspecified atom stereocenters. The number of hydrogen-bond acceptors (Lipinski definition) is 4. The number of ether oxygens (including phenoxy) is 1. The van der Waals surface area contributed by atoms with E-state index >= 15 is 0 Å². The monoisotopic (exact) mass is 396 g/mol. The maximum atomic E-state index is 12.5. The molecule has 140 valence electrons. The highest BCUT2D eigenvalue weighted by molar-refractivity contribution is 7.89. The summed E-state index contributed by atoms with van der Waals surface area (Å²) in [5.74, 6) is -0.207. The molecule has 0 atom stereocenters. The number of carbonyl (C=O) groups is 1. The molecule has 6 nitrogen and oxygen atoms in total. The number of amides is 1. The van der Waals surface area contributed by atoms with Gasteiger partial charge >= 0.3 is 0 Å². The Kier molecular flexibility index (Phi) is 7.16. The fraction of sp³-hybridized carbons (Fsp3) is 0.278. The third-order valence-electron chi connectivity index (χ3n) is 3.67. The van der Waals surface area contributed by atoms with Crippen LogP contribution in [0.1, 0.15) is 15.9 Å². The number of hydrogen-bond donors (Lipinski definition) is 1. The van der Waals surface area contributed by atoms with E-state index < -0.39 is 10.0 Å². The van der Waals surface area contributed by atoms with Gasteiger partial charge in [-0.2, -0.15) is 0 Å². The Morgan fingerprint density at radius 1 is 1.19 bits per heavy atom. The number of nitrogens with zero attached hydrogens (tertiary/aromatic N) is 1. The first-order chi connectivity index (χ1) is 12.3. The number of rotatable bonds is 8. The van der Waals surface area contributed by atoms with Gasteiger partial charge in [0.1, 0.15) is 0 Å². The quantitative estimate of drug-likeness (QED) is 0.696. The van der Waals surface area contributed by atoms with Crippen molar-refractivity contribution in [2.45, 2.75) is 11.4 Å². The van der Waals surface area contributed by atoms with Crippen LogP contribution in [0.15, 0.2) is 53.4 Å². The van der Waals surface area contributed by atoms with Crippen LogP contribution in [0.4, 0.5) is 0 Å². The Bertz CT molecular complexity index is 854. The van der Waals surface area contributed by atoms with Gasteiger partial charge in [0.05, 0.1) is 11.5 Å². The average Bonchev–Trinajstić information content (AvgIpc) is 2.61. The molecule has 2 aromatic rings. The van der Waals surface area contributed by atoms with Gasteiger partial charge in [-0.05, 0) is 42.0 Å². The smallest absolute Gasteiger partial charge is 0.253 e. The van der Waals surface area contributed by atoms with Crippen LogP contribution in [0.5, 0.6) is 0 Å². The molecular weight excluding hydrogens is 376 g/mol. The highest BCUT2D eigenvalue weighted by atomic mass is 35.5. The number of sulfonamides is 1. The van der Waals surface area contributed by atoms with Crippen LogP contribution in [0.3, 0.4) is 0 Å². The largest absolute Gasteiger partial charge is 0.383 e. The Labute approximate surface area is 158 Å². The van der Waals surface area contributed by atoms with Crippen molar-refractivity contribution in [1.82, 2.24) is 9.62 Å². The van der Waals surface area contributed by atoms with E-state index in [0.717, 1.165) is 5.56 Å². The van der Waals surface area contributed by atoms with Crippen molar-refractivity contribution in [2.75, 3.05) is 27.3 Å². The molecule has 2 aromatic carbocycles. The average molecular weight is 397 g/mol. The second-order valence-electron chi connectivity index (χ2n) is 5.71. The standard InChI is InChI=1S/C18H21ClN2O4S/c1-21(13-14-4-3-5-16(19)12-14)18(22)15-6-8-17(9-7-15)26(23,24)20-10-11-25-2/h3-9,12,20H,10-11,13H2,1-2H3. The summed E-state index contributed by atoms with van der Waals surface area (Å²) in [6.07, 6.45) is 0. The lowest BCUT2D eigenvalue weighted by atomic mass is 10.1. The number of nitrogens with one attached hydrogen (secondary N) is 1. The molecular formula is C18H21ClN2O4S. The zero-order chi connectivity index (χ0) is 19.2. The van der Waals surface area contributed by atoms with Crippen LogP contribution >= 0.6 is 11.6 Å². The highest BCUT2D eigenvalue weighted by Crippen LogP contribution is 2.15. The highest BCUT2D eigenvalue weighted by Gasteiger charge is 2.16. The van der Waals surface area contributed by atoms with Gasteiger partial charge in [-0.25, -0.2) is 13.1 Å². The second-order valence-corrected chi connectivity index (χ2v) is 7.91. The maximum Gasteiger partial charge on any atom is 0.253 e. The predicted octanol–water partition coefficient (Wildman–Crippen LogP) is 2.54. The van der Waals surface area contributed by atoms with Gasteiger partial charge in [-0.1, -0.05) is 23.7 Å². The molecule has 0 radical (unpaired) electrons.